The highest BCUT2D eigenvalue weighted by Crippen LogP contribution is 2.31. The molecular formula is C16H21BrN2O. The van der Waals surface area contributed by atoms with Crippen LogP contribution in [0.5, 0.6) is 0 Å². The van der Waals surface area contributed by atoms with E-state index in [2.05, 4.69) is 41.2 Å². The van der Waals surface area contributed by atoms with Crippen LogP contribution in [0.3, 0.4) is 0 Å². The third-order valence-electron chi connectivity index (χ3n) is 3.77. The lowest BCUT2D eigenvalue weighted by atomic mass is 9.79. The molecule has 3 nitrogen and oxygen atoms in total. The van der Waals surface area contributed by atoms with Crippen molar-refractivity contribution in [3.05, 3.63) is 40.4 Å². The molecule has 4 heteroatoms. The molecule has 1 amide bonds. The number of benzene rings is 1. The Morgan fingerprint density at radius 3 is 2.60 bits per heavy atom. The summed E-state index contributed by atoms with van der Waals surface area (Å²) >= 11 is 3.41. The molecule has 1 aromatic carbocycles. The van der Waals surface area contributed by atoms with Crippen LogP contribution in [0.1, 0.15) is 26.7 Å². The van der Waals surface area contributed by atoms with Crippen molar-refractivity contribution in [2.75, 3.05) is 5.32 Å². The molecule has 1 aliphatic rings. The van der Waals surface area contributed by atoms with Gasteiger partial charge in [-0.1, -0.05) is 34.5 Å². The molecule has 0 saturated carbocycles. The average molecular weight is 337 g/mol. The van der Waals surface area contributed by atoms with E-state index in [9.17, 15) is 4.79 Å². The molecule has 3 atom stereocenters. The number of nitrogens with one attached hydrogen (secondary N) is 1. The molecule has 1 aromatic rings. The summed E-state index contributed by atoms with van der Waals surface area (Å²) in [5.74, 6) is 0.485. The van der Waals surface area contributed by atoms with Crippen LogP contribution in [0.4, 0.5) is 5.69 Å². The Morgan fingerprint density at radius 1 is 1.40 bits per heavy atom. The number of halogens is 1. The number of primary amides is 1. The molecule has 0 radical (unpaired) electrons. The molecule has 20 heavy (non-hydrogen) atoms. The van der Waals surface area contributed by atoms with Crippen molar-refractivity contribution in [3.8, 4) is 0 Å². The first-order chi connectivity index (χ1) is 9.45. The molecule has 1 aliphatic carbocycles. The lowest BCUT2D eigenvalue weighted by Gasteiger charge is -2.31. The van der Waals surface area contributed by atoms with Crippen LogP contribution < -0.4 is 11.1 Å². The first-order valence-electron chi connectivity index (χ1n) is 6.94. The van der Waals surface area contributed by atoms with Gasteiger partial charge in [0.1, 0.15) is 6.04 Å². The summed E-state index contributed by atoms with van der Waals surface area (Å²) in [6, 6.07) is 7.50. The van der Waals surface area contributed by atoms with E-state index in [1.165, 1.54) is 5.57 Å². The molecule has 0 aliphatic heterocycles. The molecule has 0 bridgehead atoms. The Balaban J connectivity index is 2.13. The van der Waals surface area contributed by atoms with E-state index in [-0.39, 0.29) is 17.9 Å². The Morgan fingerprint density at radius 2 is 2.05 bits per heavy atom. The number of carbonyl (C=O) groups excluding carboxylic acids is 1. The highest BCUT2D eigenvalue weighted by Gasteiger charge is 2.30. The molecule has 0 spiro atoms. The Labute approximate surface area is 128 Å². The summed E-state index contributed by atoms with van der Waals surface area (Å²) in [6.07, 6.45) is 4.21. The van der Waals surface area contributed by atoms with Crippen molar-refractivity contribution in [1.82, 2.24) is 0 Å². The van der Waals surface area contributed by atoms with E-state index >= 15 is 0 Å². The minimum atomic E-state index is -0.317. The van der Waals surface area contributed by atoms with Gasteiger partial charge in [-0.05, 0) is 55.9 Å². The van der Waals surface area contributed by atoms with Crippen molar-refractivity contribution in [2.24, 2.45) is 17.6 Å². The summed E-state index contributed by atoms with van der Waals surface area (Å²) in [6.45, 7) is 4.31. The van der Waals surface area contributed by atoms with Crippen LogP contribution in [-0.2, 0) is 4.79 Å². The fourth-order valence-electron chi connectivity index (χ4n) is 3.00. The quantitative estimate of drug-likeness (QED) is 0.823. The molecule has 2 rings (SSSR count). The monoisotopic (exact) mass is 336 g/mol. The van der Waals surface area contributed by atoms with Crippen LogP contribution in [0.15, 0.2) is 40.4 Å². The van der Waals surface area contributed by atoms with E-state index in [1.807, 2.05) is 24.3 Å². The number of anilines is 1. The topological polar surface area (TPSA) is 55.1 Å². The number of amides is 1. The third kappa shape index (κ3) is 3.85. The number of nitrogens with two attached hydrogens (primary N) is 1. The van der Waals surface area contributed by atoms with E-state index in [1.54, 1.807) is 0 Å². The van der Waals surface area contributed by atoms with Crippen molar-refractivity contribution in [3.63, 3.8) is 0 Å². The molecule has 0 aromatic heterocycles. The summed E-state index contributed by atoms with van der Waals surface area (Å²) in [4.78, 5) is 11.8. The van der Waals surface area contributed by atoms with Gasteiger partial charge in [0.15, 0.2) is 0 Å². The van der Waals surface area contributed by atoms with Crippen LogP contribution in [0, 0.1) is 11.8 Å². The lowest BCUT2D eigenvalue weighted by molar-refractivity contribution is -0.119. The Hall–Kier alpha value is -1.29. The first-order valence-corrected chi connectivity index (χ1v) is 7.73. The summed E-state index contributed by atoms with van der Waals surface area (Å²) in [7, 11) is 0. The smallest absolute Gasteiger partial charge is 0.240 e. The highest BCUT2D eigenvalue weighted by molar-refractivity contribution is 9.10. The standard InChI is InChI=1S/C16H21BrN2O/c1-10-7-11(2)9-12(8-10)15(16(18)20)19-14-5-3-13(17)4-6-14/h3-7,10,12,15,19H,8-9H2,1-2H3,(H2,18,20). The maximum absolute atomic E-state index is 11.8. The SMILES string of the molecule is CC1=CC(C)CC(C(Nc2ccc(Br)cc2)C(N)=O)C1. The van der Waals surface area contributed by atoms with Crippen LogP contribution >= 0.6 is 15.9 Å². The highest BCUT2D eigenvalue weighted by atomic mass is 79.9. The summed E-state index contributed by atoms with van der Waals surface area (Å²) in [5, 5.41) is 3.29. The van der Waals surface area contributed by atoms with Gasteiger partial charge in [0, 0.05) is 10.2 Å². The second kappa shape index (κ2) is 6.44. The van der Waals surface area contributed by atoms with E-state index in [0.29, 0.717) is 5.92 Å². The lowest BCUT2D eigenvalue weighted by Crippen LogP contribution is -2.43. The zero-order valence-corrected chi connectivity index (χ0v) is 13.5. The number of rotatable bonds is 4. The predicted octanol–water partition coefficient (Wildman–Crippen LogP) is 3.71. The zero-order chi connectivity index (χ0) is 14.7. The minimum absolute atomic E-state index is 0.260. The van der Waals surface area contributed by atoms with Gasteiger partial charge in [0.05, 0.1) is 0 Å². The van der Waals surface area contributed by atoms with Crippen LogP contribution in [-0.4, -0.2) is 11.9 Å². The fraction of sp³-hybridized carbons (Fsp3) is 0.438. The summed E-state index contributed by atoms with van der Waals surface area (Å²) < 4.78 is 1.02. The number of hydrogen-bond acceptors (Lipinski definition) is 2. The van der Waals surface area contributed by atoms with Crippen LogP contribution in [0.25, 0.3) is 0 Å². The molecule has 3 N–H and O–H groups in total. The molecule has 3 unspecified atom stereocenters. The average Bonchev–Trinajstić information content (AvgIpc) is 2.36. The van der Waals surface area contributed by atoms with Gasteiger partial charge in [0.25, 0.3) is 0 Å². The normalized spacial score (nSPS) is 23.9. The second-order valence-electron chi connectivity index (χ2n) is 5.72. The zero-order valence-electron chi connectivity index (χ0n) is 11.9. The van der Waals surface area contributed by atoms with E-state index in [0.717, 1.165) is 23.0 Å². The molecule has 0 heterocycles. The molecular weight excluding hydrogens is 316 g/mol. The van der Waals surface area contributed by atoms with E-state index < -0.39 is 0 Å². The number of hydrogen-bond donors (Lipinski definition) is 2. The Kier molecular flexibility index (Phi) is 4.86. The van der Waals surface area contributed by atoms with Crippen molar-refractivity contribution < 1.29 is 4.79 Å². The van der Waals surface area contributed by atoms with Crippen molar-refractivity contribution in [2.45, 2.75) is 32.7 Å². The predicted molar refractivity (Wildman–Crippen MR) is 86.4 cm³/mol. The van der Waals surface area contributed by atoms with Crippen molar-refractivity contribution in [1.29, 1.82) is 0 Å². The minimum Gasteiger partial charge on any atom is -0.373 e. The van der Waals surface area contributed by atoms with Gasteiger partial charge in [-0.2, -0.15) is 0 Å². The number of carbonyl (C=O) groups is 1. The molecule has 0 fully saturated rings. The van der Waals surface area contributed by atoms with Gasteiger partial charge >= 0.3 is 0 Å². The van der Waals surface area contributed by atoms with Gasteiger partial charge in [-0.15, -0.1) is 0 Å². The molecule has 0 saturated heterocycles. The molecule has 108 valence electrons. The fourth-order valence-corrected chi connectivity index (χ4v) is 3.26. The van der Waals surface area contributed by atoms with Gasteiger partial charge in [0.2, 0.25) is 5.91 Å². The largest absolute Gasteiger partial charge is 0.373 e. The van der Waals surface area contributed by atoms with Crippen molar-refractivity contribution >= 4 is 27.5 Å². The van der Waals surface area contributed by atoms with Gasteiger partial charge in [-0.3, -0.25) is 4.79 Å². The first kappa shape index (κ1) is 15.1. The maximum atomic E-state index is 11.8. The van der Waals surface area contributed by atoms with Gasteiger partial charge in [-0.25, -0.2) is 0 Å². The maximum Gasteiger partial charge on any atom is 0.240 e. The van der Waals surface area contributed by atoms with Crippen LogP contribution in [0.2, 0.25) is 0 Å². The Bertz CT molecular complexity index is 510. The van der Waals surface area contributed by atoms with E-state index in [4.69, 9.17) is 5.73 Å². The summed E-state index contributed by atoms with van der Waals surface area (Å²) in [5.41, 5.74) is 7.88. The van der Waals surface area contributed by atoms with Gasteiger partial charge < -0.3 is 11.1 Å². The second-order valence-corrected chi connectivity index (χ2v) is 6.64. The number of allylic oxidation sites excluding steroid dienone is 2. The third-order valence-corrected chi connectivity index (χ3v) is 4.30.